The lowest BCUT2D eigenvalue weighted by molar-refractivity contribution is -0.384. The van der Waals surface area contributed by atoms with Crippen molar-refractivity contribution in [3.05, 3.63) is 0 Å². The summed E-state index contributed by atoms with van der Waals surface area (Å²) in [6.07, 6.45) is -8.41. The van der Waals surface area contributed by atoms with Crippen LogP contribution < -0.4 is 0 Å². The van der Waals surface area contributed by atoms with Crippen molar-refractivity contribution in [2.75, 3.05) is 19.8 Å². The van der Waals surface area contributed by atoms with Gasteiger partial charge in [0.15, 0.2) is 24.4 Å². The first-order valence-electron chi connectivity index (χ1n) is 16.9. The Kier molecular flexibility index (Phi) is 17.1. The summed E-state index contributed by atoms with van der Waals surface area (Å²) in [6.45, 7) is 9.41. The van der Waals surface area contributed by atoms with Crippen LogP contribution in [-0.4, -0.2) is 119 Å². The normalized spacial score (nSPS) is 30.5. The maximum Gasteiger partial charge on any atom is 0.308 e. The van der Waals surface area contributed by atoms with Crippen molar-refractivity contribution in [2.45, 2.75) is 148 Å². The SMILES string of the molecule is CC(=O)O[C@@H]1[C@H](O[C@@]2(CO)O[C@@H](CO)[C@H](O)[C@H]2OC(=O)CCCCCCC(C)C)O[C@@H](CO)[C@H](OC(=O)CC(C)C)[C@H]1OC(=O)C(C)C. The van der Waals surface area contributed by atoms with Crippen LogP contribution >= 0.6 is 0 Å². The van der Waals surface area contributed by atoms with Crippen molar-refractivity contribution in [1.29, 1.82) is 0 Å². The molecule has 0 amide bonds. The second-order valence-electron chi connectivity index (χ2n) is 13.6. The van der Waals surface area contributed by atoms with E-state index < -0.39 is 104 Å². The number of esters is 4. The zero-order valence-electron chi connectivity index (χ0n) is 29.2. The summed E-state index contributed by atoms with van der Waals surface area (Å²) in [5.41, 5.74) is 0. The van der Waals surface area contributed by atoms with Crippen LogP contribution in [0.2, 0.25) is 0 Å². The number of hydrogen-bond donors (Lipinski definition) is 4. The third-order valence-electron chi connectivity index (χ3n) is 8.00. The quantitative estimate of drug-likeness (QED) is 0.0858. The maximum absolute atomic E-state index is 12.9. The van der Waals surface area contributed by atoms with Gasteiger partial charge in [0.1, 0.15) is 24.9 Å². The number of carbonyl (C=O) groups is 4. The van der Waals surface area contributed by atoms with Gasteiger partial charge < -0.3 is 53.6 Å². The van der Waals surface area contributed by atoms with Gasteiger partial charge in [-0.3, -0.25) is 19.2 Å². The third kappa shape index (κ3) is 11.9. The summed E-state index contributed by atoms with van der Waals surface area (Å²) >= 11 is 0. The molecule has 2 fully saturated rings. The lowest BCUT2D eigenvalue weighted by Crippen LogP contribution is -2.65. The maximum atomic E-state index is 12.9. The van der Waals surface area contributed by atoms with Crippen LogP contribution in [0.1, 0.15) is 93.4 Å². The van der Waals surface area contributed by atoms with E-state index in [2.05, 4.69) is 13.8 Å². The zero-order valence-corrected chi connectivity index (χ0v) is 29.2. The molecule has 0 aromatic carbocycles. The summed E-state index contributed by atoms with van der Waals surface area (Å²) in [5.74, 6) is -5.65. The van der Waals surface area contributed by atoms with E-state index in [1.165, 1.54) is 0 Å². The Morgan fingerprint density at radius 2 is 1.40 bits per heavy atom. The summed E-state index contributed by atoms with van der Waals surface area (Å²) in [4.78, 5) is 50.9. The molecule has 2 heterocycles. The van der Waals surface area contributed by atoms with Crippen LogP contribution in [0.4, 0.5) is 0 Å². The molecule has 2 rings (SSSR count). The van der Waals surface area contributed by atoms with Gasteiger partial charge in [-0.25, -0.2) is 0 Å². The fourth-order valence-electron chi connectivity index (χ4n) is 5.50. The van der Waals surface area contributed by atoms with Crippen LogP contribution in [-0.2, 0) is 52.3 Å². The standard InChI is InChI=1S/C33H56O15/c1-18(2)12-10-8-9-11-13-24(38)45-30-26(40)22(15-34)47-33(30,17-36)48-32-29(42-21(7)37)28(46-31(41)20(5)6)27(23(16-35)43-32)44-25(39)14-19(3)4/h18-20,22-23,26-30,32,34-36,40H,8-17H2,1-7H3/t22-,23-,26-,27-,28+,29-,30+,32-,33+/m0/s1. The minimum absolute atomic E-state index is 0.00452. The van der Waals surface area contributed by atoms with Crippen molar-refractivity contribution in [1.82, 2.24) is 0 Å². The highest BCUT2D eigenvalue weighted by atomic mass is 16.8. The van der Waals surface area contributed by atoms with Gasteiger partial charge in [0.05, 0.1) is 19.1 Å². The smallest absolute Gasteiger partial charge is 0.308 e. The van der Waals surface area contributed by atoms with Gasteiger partial charge in [-0.15, -0.1) is 0 Å². The summed E-state index contributed by atoms with van der Waals surface area (Å²) in [7, 11) is 0. The minimum atomic E-state index is -2.38. The molecule has 4 N–H and O–H groups in total. The highest BCUT2D eigenvalue weighted by Gasteiger charge is 2.62. The zero-order chi connectivity index (χ0) is 36.2. The highest BCUT2D eigenvalue weighted by Crippen LogP contribution is 2.39. The number of aliphatic hydroxyl groups excluding tert-OH is 4. The lowest BCUT2D eigenvalue weighted by Gasteiger charge is -2.46. The van der Waals surface area contributed by atoms with Gasteiger partial charge in [-0.05, 0) is 18.3 Å². The highest BCUT2D eigenvalue weighted by molar-refractivity contribution is 5.72. The second-order valence-corrected chi connectivity index (χ2v) is 13.6. The Labute approximate surface area is 282 Å². The molecule has 0 aliphatic carbocycles. The summed E-state index contributed by atoms with van der Waals surface area (Å²) in [5, 5.41) is 41.8. The topological polar surface area (TPSA) is 214 Å². The van der Waals surface area contributed by atoms with Crippen molar-refractivity contribution in [2.24, 2.45) is 17.8 Å². The predicted octanol–water partition coefficient (Wildman–Crippen LogP) is 1.53. The molecule has 0 unspecified atom stereocenters. The van der Waals surface area contributed by atoms with E-state index in [1.807, 2.05) is 0 Å². The Morgan fingerprint density at radius 1 is 0.750 bits per heavy atom. The molecule has 2 aliphatic rings. The van der Waals surface area contributed by atoms with E-state index in [0.29, 0.717) is 12.3 Å². The first-order valence-corrected chi connectivity index (χ1v) is 16.9. The Bertz CT molecular complexity index is 1030. The van der Waals surface area contributed by atoms with Crippen molar-refractivity contribution >= 4 is 23.9 Å². The van der Waals surface area contributed by atoms with Gasteiger partial charge in [-0.1, -0.05) is 67.2 Å². The van der Waals surface area contributed by atoms with E-state index in [4.69, 9.17) is 33.2 Å². The lowest BCUT2D eigenvalue weighted by atomic mass is 9.97. The van der Waals surface area contributed by atoms with Crippen LogP contribution in [0, 0.1) is 17.8 Å². The van der Waals surface area contributed by atoms with Crippen molar-refractivity contribution in [3.63, 3.8) is 0 Å². The molecule has 0 bridgehead atoms. The average Bonchev–Trinajstić information content (AvgIpc) is 3.26. The number of aliphatic hydroxyl groups is 4. The second kappa shape index (κ2) is 19.7. The molecular weight excluding hydrogens is 636 g/mol. The number of carbonyl (C=O) groups excluding carboxylic acids is 4. The van der Waals surface area contributed by atoms with Crippen molar-refractivity contribution in [3.8, 4) is 0 Å². The van der Waals surface area contributed by atoms with E-state index in [1.54, 1.807) is 27.7 Å². The molecule has 278 valence electrons. The monoisotopic (exact) mass is 692 g/mol. The molecular formula is C33H56O15. The van der Waals surface area contributed by atoms with Gasteiger partial charge in [0.25, 0.3) is 0 Å². The third-order valence-corrected chi connectivity index (χ3v) is 8.00. The molecule has 9 atom stereocenters. The molecule has 0 aromatic heterocycles. The molecule has 0 spiro atoms. The first kappa shape index (κ1) is 41.8. The molecule has 0 radical (unpaired) electrons. The summed E-state index contributed by atoms with van der Waals surface area (Å²) in [6, 6.07) is 0. The van der Waals surface area contributed by atoms with Crippen LogP contribution in [0.3, 0.4) is 0 Å². The average molecular weight is 693 g/mol. The molecule has 2 saturated heterocycles. The first-order chi connectivity index (χ1) is 22.6. The van der Waals surface area contributed by atoms with E-state index in [9.17, 15) is 39.6 Å². The number of ether oxygens (including phenoxy) is 7. The van der Waals surface area contributed by atoms with Gasteiger partial charge in [0, 0.05) is 19.8 Å². The Balaban J connectivity index is 2.43. The molecule has 15 nitrogen and oxygen atoms in total. The Hall–Kier alpha value is -2.40. The fraction of sp³-hybridized carbons (Fsp3) is 0.879. The van der Waals surface area contributed by atoms with Gasteiger partial charge >= 0.3 is 23.9 Å². The largest absolute Gasteiger partial charge is 0.455 e. The van der Waals surface area contributed by atoms with E-state index in [-0.39, 0.29) is 18.8 Å². The Morgan fingerprint density at radius 3 is 1.94 bits per heavy atom. The minimum Gasteiger partial charge on any atom is -0.455 e. The molecule has 0 aromatic rings. The predicted molar refractivity (Wildman–Crippen MR) is 167 cm³/mol. The molecule has 48 heavy (non-hydrogen) atoms. The summed E-state index contributed by atoms with van der Waals surface area (Å²) < 4.78 is 40.1. The van der Waals surface area contributed by atoms with Gasteiger partial charge in [-0.2, -0.15) is 0 Å². The van der Waals surface area contributed by atoms with Gasteiger partial charge in [0.2, 0.25) is 12.1 Å². The van der Waals surface area contributed by atoms with E-state index in [0.717, 1.165) is 32.6 Å². The van der Waals surface area contributed by atoms with Crippen LogP contribution in [0.25, 0.3) is 0 Å². The molecule has 0 saturated carbocycles. The number of hydrogen-bond acceptors (Lipinski definition) is 15. The molecule has 15 heteroatoms. The van der Waals surface area contributed by atoms with Crippen LogP contribution in [0.5, 0.6) is 0 Å². The molecule has 2 aliphatic heterocycles. The number of rotatable bonds is 19. The van der Waals surface area contributed by atoms with Crippen LogP contribution in [0.15, 0.2) is 0 Å². The van der Waals surface area contributed by atoms with Crippen molar-refractivity contribution < 1.29 is 72.8 Å². The van der Waals surface area contributed by atoms with E-state index >= 15 is 0 Å². The number of unbranched alkanes of at least 4 members (excludes halogenated alkanes) is 3. The fourth-order valence-corrected chi connectivity index (χ4v) is 5.50.